The Bertz CT molecular complexity index is 1480. The second-order valence-electron chi connectivity index (χ2n) is 8.36. The number of aryl methyl sites for hydroxylation is 2. The zero-order chi connectivity index (χ0) is 24.2. The predicted molar refractivity (Wildman–Crippen MR) is 136 cm³/mol. The molecule has 0 unspecified atom stereocenters. The minimum absolute atomic E-state index is 0.0806. The van der Waals surface area contributed by atoms with Gasteiger partial charge in [0.15, 0.2) is 0 Å². The van der Waals surface area contributed by atoms with Crippen LogP contribution in [0.4, 0.5) is 10.1 Å². The van der Waals surface area contributed by atoms with Crippen LogP contribution in [0.3, 0.4) is 0 Å². The van der Waals surface area contributed by atoms with Crippen LogP contribution in [0.1, 0.15) is 25.2 Å². The molecule has 0 saturated carbocycles. The molecule has 3 aromatic carbocycles. The third-order valence-electron chi connectivity index (χ3n) is 5.94. The molecular formula is C27H24ClFN4O2. The van der Waals surface area contributed by atoms with E-state index in [0.717, 1.165) is 33.1 Å². The molecule has 8 heteroatoms. The van der Waals surface area contributed by atoms with Gasteiger partial charge in [0.25, 0.3) is 0 Å². The Morgan fingerprint density at radius 2 is 1.80 bits per heavy atom. The van der Waals surface area contributed by atoms with E-state index in [2.05, 4.69) is 26.1 Å². The van der Waals surface area contributed by atoms with Crippen LogP contribution in [0.25, 0.3) is 33.2 Å². The number of nitrogens with one attached hydrogen (secondary N) is 1. The number of hydrogen-bond acceptors (Lipinski definition) is 4. The van der Waals surface area contributed by atoms with E-state index >= 15 is 0 Å². The number of anilines is 1. The molecule has 2 aromatic heterocycles. The molecule has 2 heterocycles. The highest BCUT2D eigenvalue weighted by Crippen LogP contribution is 2.31. The van der Waals surface area contributed by atoms with E-state index < -0.39 is 0 Å². The lowest BCUT2D eigenvalue weighted by atomic mass is 10.1. The van der Waals surface area contributed by atoms with Gasteiger partial charge in [0, 0.05) is 57.5 Å². The number of carbonyl (C=O) groups is 1. The first-order chi connectivity index (χ1) is 17.1. The Labute approximate surface area is 206 Å². The third-order valence-corrected chi connectivity index (χ3v) is 6.19. The standard InChI is InChI=1S/C27H24ClFN4O2/c28-19-11-9-18(10-12-19)27-31-26(35-32-27)8-3-7-25(34)30-20-13-14-24-22(17-20)21-5-1-2-6-23(21)33(24)16-4-15-29/h1-2,5-6,9-14,17H,3-4,7-8,15-16H2,(H,30,34). The summed E-state index contributed by atoms with van der Waals surface area (Å²) in [7, 11) is 0. The topological polar surface area (TPSA) is 72.9 Å². The summed E-state index contributed by atoms with van der Waals surface area (Å²) in [5.41, 5.74) is 3.66. The van der Waals surface area contributed by atoms with Gasteiger partial charge >= 0.3 is 0 Å². The molecule has 0 atom stereocenters. The number of fused-ring (bicyclic) bond motifs is 3. The second kappa shape index (κ2) is 10.3. The molecule has 0 aliphatic heterocycles. The van der Waals surface area contributed by atoms with E-state index in [4.69, 9.17) is 16.1 Å². The van der Waals surface area contributed by atoms with Crippen LogP contribution in [-0.2, 0) is 17.8 Å². The van der Waals surface area contributed by atoms with Gasteiger partial charge in [-0.2, -0.15) is 4.98 Å². The summed E-state index contributed by atoms with van der Waals surface area (Å²) in [5, 5.41) is 9.76. The van der Waals surface area contributed by atoms with Gasteiger partial charge in [-0.25, -0.2) is 0 Å². The van der Waals surface area contributed by atoms with Crippen LogP contribution in [0.5, 0.6) is 0 Å². The van der Waals surface area contributed by atoms with Crippen molar-refractivity contribution in [2.75, 3.05) is 12.0 Å². The maximum atomic E-state index is 12.8. The van der Waals surface area contributed by atoms with Gasteiger partial charge in [-0.05, 0) is 61.4 Å². The van der Waals surface area contributed by atoms with Crippen molar-refractivity contribution in [2.45, 2.75) is 32.2 Å². The molecule has 6 nitrogen and oxygen atoms in total. The van der Waals surface area contributed by atoms with Crippen molar-refractivity contribution in [1.29, 1.82) is 0 Å². The Hall–Kier alpha value is -3.71. The van der Waals surface area contributed by atoms with Crippen LogP contribution in [0.15, 0.2) is 71.3 Å². The van der Waals surface area contributed by atoms with E-state index in [1.807, 2.05) is 48.5 Å². The number of aromatic nitrogens is 3. The Balaban J connectivity index is 1.22. The van der Waals surface area contributed by atoms with Crippen LogP contribution in [0.2, 0.25) is 5.02 Å². The summed E-state index contributed by atoms with van der Waals surface area (Å²) in [6, 6.07) is 21.1. The lowest BCUT2D eigenvalue weighted by Gasteiger charge is -2.07. The van der Waals surface area contributed by atoms with Crippen LogP contribution in [-0.4, -0.2) is 27.3 Å². The lowest BCUT2D eigenvalue weighted by molar-refractivity contribution is -0.116. The summed E-state index contributed by atoms with van der Waals surface area (Å²) in [6.45, 7) is 0.260. The molecule has 0 fully saturated rings. The van der Waals surface area contributed by atoms with Crippen molar-refractivity contribution in [3.63, 3.8) is 0 Å². The molecule has 1 N–H and O–H groups in total. The summed E-state index contributed by atoms with van der Waals surface area (Å²) < 4.78 is 20.3. The van der Waals surface area contributed by atoms with Crippen molar-refractivity contribution in [3.8, 4) is 11.4 Å². The summed E-state index contributed by atoms with van der Waals surface area (Å²) in [4.78, 5) is 17.0. The molecule has 35 heavy (non-hydrogen) atoms. The molecule has 0 aliphatic rings. The van der Waals surface area contributed by atoms with Gasteiger partial charge < -0.3 is 14.4 Å². The molecule has 0 saturated heterocycles. The Kier molecular flexibility index (Phi) is 6.77. The largest absolute Gasteiger partial charge is 0.340 e. The Morgan fingerprint density at radius 3 is 2.63 bits per heavy atom. The summed E-state index contributed by atoms with van der Waals surface area (Å²) in [6.07, 6.45) is 1.89. The monoisotopic (exact) mass is 490 g/mol. The highest BCUT2D eigenvalue weighted by molar-refractivity contribution is 6.30. The number of rotatable bonds is 9. The van der Waals surface area contributed by atoms with Gasteiger partial charge in [0.05, 0.1) is 6.67 Å². The average molecular weight is 491 g/mol. The first-order valence-electron chi connectivity index (χ1n) is 11.6. The lowest BCUT2D eigenvalue weighted by Crippen LogP contribution is -2.11. The molecule has 0 spiro atoms. The van der Waals surface area contributed by atoms with Gasteiger partial charge in [0.2, 0.25) is 17.6 Å². The molecule has 0 aliphatic carbocycles. The van der Waals surface area contributed by atoms with Gasteiger partial charge in [-0.15, -0.1) is 0 Å². The fourth-order valence-corrected chi connectivity index (χ4v) is 4.41. The number of benzene rings is 3. The number of halogens is 2. The molecule has 0 bridgehead atoms. The first-order valence-corrected chi connectivity index (χ1v) is 12.0. The Morgan fingerprint density at radius 1 is 1.00 bits per heavy atom. The minimum Gasteiger partial charge on any atom is -0.340 e. The van der Waals surface area contributed by atoms with Crippen molar-refractivity contribution in [2.24, 2.45) is 0 Å². The van der Waals surface area contributed by atoms with E-state index in [1.165, 1.54) is 0 Å². The quantitative estimate of drug-likeness (QED) is 0.246. The van der Waals surface area contributed by atoms with E-state index in [1.54, 1.807) is 12.1 Å². The minimum atomic E-state index is -0.353. The highest BCUT2D eigenvalue weighted by Gasteiger charge is 2.13. The SMILES string of the molecule is O=C(CCCc1nc(-c2ccc(Cl)cc2)no1)Nc1ccc2c(c1)c1ccccc1n2CCCF. The van der Waals surface area contributed by atoms with Crippen LogP contribution >= 0.6 is 11.6 Å². The molecule has 5 aromatic rings. The predicted octanol–water partition coefficient (Wildman–Crippen LogP) is 6.82. The normalized spacial score (nSPS) is 11.4. The van der Waals surface area contributed by atoms with Gasteiger partial charge in [-0.1, -0.05) is 35.0 Å². The fraction of sp³-hybridized carbons (Fsp3) is 0.222. The zero-order valence-corrected chi connectivity index (χ0v) is 19.8. The van der Waals surface area contributed by atoms with Crippen molar-refractivity contribution in [1.82, 2.24) is 14.7 Å². The number of para-hydroxylation sites is 1. The number of amides is 1. The molecule has 178 valence electrons. The molecule has 1 amide bonds. The maximum Gasteiger partial charge on any atom is 0.226 e. The van der Waals surface area contributed by atoms with Crippen LogP contribution < -0.4 is 5.32 Å². The molecular weight excluding hydrogens is 467 g/mol. The smallest absolute Gasteiger partial charge is 0.226 e. The number of carbonyl (C=O) groups excluding carboxylic acids is 1. The second-order valence-corrected chi connectivity index (χ2v) is 8.80. The fourth-order valence-electron chi connectivity index (χ4n) is 4.29. The van der Waals surface area contributed by atoms with E-state index in [-0.39, 0.29) is 12.6 Å². The number of alkyl halides is 1. The van der Waals surface area contributed by atoms with Crippen molar-refractivity contribution >= 4 is 45.0 Å². The summed E-state index contributed by atoms with van der Waals surface area (Å²) in [5.74, 6) is 0.910. The maximum absolute atomic E-state index is 12.8. The van der Waals surface area contributed by atoms with Crippen LogP contribution in [0, 0.1) is 0 Å². The third kappa shape index (κ3) is 5.05. The van der Waals surface area contributed by atoms with E-state index in [0.29, 0.717) is 49.0 Å². The van der Waals surface area contributed by atoms with Crippen molar-refractivity contribution < 1.29 is 13.7 Å². The van der Waals surface area contributed by atoms with Gasteiger partial charge in [0.1, 0.15) is 0 Å². The van der Waals surface area contributed by atoms with E-state index in [9.17, 15) is 9.18 Å². The number of nitrogens with zero attached hydrogens (tertiary/aromatic N) is 3. The van der Waals surface area contributed by atoms with Gasteiger partial charge in [-0.3, -0.25) is 9.18 Å². The molecule has 5 rings (SSSR count). The average Bonchev–Trinajstić information content (AvgIpc) is 3.46. The summed E-state index contributed by atoms with van der Waals surface area (Å²) >= 11 is 5.92. The number of hydrogen-bond donors (Lipinski definition) is 1. The van der Waals surface area contributed by atoms with Crippen molar-refractivity contribution in [3.05, 3.63) is 77.6 Å². The highest BCUT2D eigenvalue weighted by atomic mass is 35.5. The zero-order valence-electron chi connectivity index (χ0n) is 19.0. The first kappa shape index (κ1) is 23.1. The molecule has 0 radical (unpaired) electrons.